The highest BCUT2D eigenvalue weighted by Crippen LogP contribution is 2.30. The van der Waals surface area contributed by atoms with Crippen molar-refractivity contribution in [2.75, 3.05) is 13.6 Å². The van der Waals surface area contributed by atoms with Crippen LogP contribution in [0.1, 0.15) is 27.1 Å². The van der Waals surface area contributed by atoms with Crippen molar-refractivity contribution < 1.29 is 9.59 Å². The Hall–Kier alpha value is -4.21. The number of guanidine groups is 1. The summed E-state index contributed by atoms with van der Waals surface area (Å²) in [6.07, 6.45) is 6.93. The number of carbonyl (C=O) groups excluding carboxylic acids is 2. The Kier molecular flexibility index (Phi) is 8.61. The van der Waals surface area contributed by atoms with E-state index in [2.05, 4.69) is 22.0 Å². The number of aryl methyl sites for hydroxylation is 1. The zero-order valence-electron chi connectivity index (χ0n) is 23.2. The number of rotatable bonds is 6. The molecule has 1 aromatic heterocycles. The van der Waals surface area contributed by atoms with Crippen molar-refractivity contribution in [1.29, 1.82) is 10.8 Å². The molecule has 8 nitrogen and oxygen atoms in total. The Morgan fingerprint density at radius 3 is 2.14 bits per heavy atom. The van der Waals surface area contributed by atoms with E-state index in [0.717, 1.165) is 27.6 Å². The molecule has 0 saturated carbocycles. The minimum absolute atomic E-state index is 0.00245. The molecule has 4 aromatic rings. The number of aromatic nitrogens is 2. The van der Waals surface area contributed by atoms with E-state index in [1.165, 1.54) is 0 Å². The fourth-order valence-electron chi connectivity index (χ4n) is 5.15. The Morgan fingerprint density at radius 1 is 0.881 bits per heavy atom. The molecule has 6 rings (SSSR count). The van der Waals surface area contributed by atoms with Gasteiger partial charge in [0.1, 0.15) is 0 Å². The van der Waals surface area contributed by atoms with Crippen LogP contribution < -0.4 is 5.62 Å². The molecule has 0 bridgehead atoms. The summed E-state index contributed by atoms with van der Waals surface area (Å²) in [5, 5.41) is 17.0. The largest absolute Gasteiger partial charge is 0.337 e. The van der Waals surface area contributed by atoms with Crippen LogP contribution >= 0.6 is 27.5 Å². The van der Waals surface area contributed by atoms with E-state index in [0.29, 0.717) is 27.7 Å². The van der Waals surface area contributed by atoms with Crippen LogP contribution in [0.5, 0.6) is 0 Å². The molecular formula is C32H30BrClN6O2. The van der Waals surface area contributed by atoms with Crippen LogP contribution in [0.2, 0.25) is 5.02 Å². The smallest absolute Gasteiger partial charge is 0.203 e. The van der Waals surface area contributed by atoms with Gasteiger partial charge in [-0.15, -0.1) is 0 Å². The number of Topliss-reactive ketones (excluding diaryl/α,β-unsaturated/α-hetero) is 2. The monoisotopic (exact) mass is 644 g/mol. The molecule has 2 heterocycles. The number of nitrogens with one attached hydrogen (secondary N) is 2. The molecule has 1 aliphatic carbocycles. The number of halogens is 2. The van der Waals surface area contributed by atoms with Crippen molar-refractivity contribution in [3.63, 3.8) is 0 Å². The molecule has 214 valence electrons. The van der Waals surface area contributed by atoms with Crippen molar-refractivity contribution >= 4 is 56.1 Å². The molecule has 0 spiro atoms. The number of imidazole rings is 1. The van der Waals surface area contributed by atoms with E-state index in [-0.39, 0.29) is 30.7 Å². The Balaban J connectivity index is 0.000000168. The lowest BCUT2D eigenvalue weighted by atomic mass is 10.0. The second-order valence-corrected chi connectivity index (χ2v) is 11.5. The van der Waals surface area contributed by atoms with E-state index >= 15 is 0 Å². The number of fused-ring (bicyclic) bond motifs is 2. The molecule has 0 amide bonds. The molecule has 42 heavy (non-hydrogen) atoms. The van der Waals surface area contributed by atoms with E-state index in [1.807, 2.05) is 67.5 Å². The Morgan fingerprint density at radius 2 is 1.48 bits per heavy atom. The lowest BCUT2D eigenvalue weighted by Crippen LogP contribution is -2.34. The molecule has 2 N–H and O–H groups in total. The maximum Gasteiger partial charge on any atom is 0.203 e. The maximum atomic E-state index is 12.4. The van der Waals surface area contributed by atoms with Gasteiger partial charge in [-0.3, -0.25) is 20.4 Å². The molecule has 0 radical (unpaired) electrons. The molecule has 1 atom stereocenters. The lowest BCUT2D eigenvalue weighted by molar-refractivity contribution is 0.0964. The van der Waals surface area contributed by atoms with Crippen LogP contribution in [0.15, 0.2) is 101 Å². The quantitative estimate of drug-likeness (QED) is 0.251. The summed E-state index contributed by atoms with van der Waals surface area (Å²) in [4.78, 5) is 28.5. The first-order valence-corrected chi connectivity index (χ1v) is 14.5. The number of ketones is 2. The third-order valence-electron chi connectivity index (χ3n) is 7.52. The zero-order valence-corrected chi connectivity index (χ0v) is 25.6. The Bertz CT molecular complexity index is 1790. The molecular weight excluding hydrogens is 616 g/mol. The van der Waals surface area contributed by atoms with Crippen LogP contribution in [0.25, 0.3) is 11.0 Å². The van der Waals surface area contributed by atoms with Crippen LogP contribution in [-0.2, 0) is 13.6 Å². The maximum absolute atomic E-state index is 12.4. The number of hydrogen-bond donors (Lipinski definition) is 2. The molecule has 10 heteroatoms. The number of likely N-dealkylation sites (N-methyl/N-ethyl adjacent to an activating group) is 1. The highest BCUT2D eigenvalue weighted by atomic mass is 79.9. The van der Waals surface area contributed by atoms with Crippen LogP contribution in [0.3, 0.4) is 0 Å². The fraction of sp³-hybridized carbons (Fsp3) is 0.188. The van der Waals surface area contributed by atoms with Gasteiger partial charge in [0.15, 0.2) is 17.5 Å². The molecule has 1 aliphatic heterocycles. The predicted molar refractivity (Wildman–Crippen MR) is 169 cm³/mol. The van der Waals surface area contributed by atoms with Crippen molar-refractivity contribution in [3.05, 3.63) is 123 Å². The first kappa shape index (κ1) is 29.3. The summed E-state index contributed by atoms with van der Waals surface area (Å²) in [5.41, 5.74) is 4.46. The second kappa shape index (κ2) is 12.3. The third-order valence-corrected chi connectivity index (χ3v) is 8.30. The van der Waals surface area contributed by atoms with Gasteiger partial charge in [0.2, 0.25) is 5.62 Å². The molecule has 1 fully saturated rings. The first-order chi connectivity index (χ1) is 20.2. The van der Waals surface area contributed by atoms with Crippen molar-refractivity contribution in [2.45, 2.75) is 19.0 Å². The van der Waals surface area contributed by atoms with Gasteiger partial charge in [-0.1, -0.05) is 63.9 Å². The van der Waals surface area contributed by atoms with E-state index in [4.69, 9.17) is 22.4 Å². The van der Waals surface area contributed by atoms with Gasteiger partial charge < -0.3 is 18.9 Å². The van der Waals surface area contributed by atoms with Gasteiger partial charge in [-0.05, 0) is 61.0 Å². The molecule has 2 aliphatic rings. The third kappa shape index (κ3) is 5.89. The summed E-state index contributed by atoms with van der Waals surface area (Å²) in [6, 6.07) is 22.1. The molecule has 1 saturated heterocycles. The average Bonchev–Trinajstić information content (AvgIpc) is 3.38. The van der Waals surface area contributed by atoms with E-state index in [1.54, 1.807) is 50.4 Å². The average molecular weight is 646 g/mol. The number of hydrogen-bond acceptors (Lipinski definition) is 4. The van der Waals surface area contributed by atoms with E-state index in [9.17, 15) is 9.59 Å². The van der Waals surface area contributed by atoms with Crippen molar-refractivity contribution in [1.82, 2.24) is 18.9 Å². The number of benzene rings is 3. The van der Waals surface area contributed by atoms with Gasteiger partial charge in [0.05, 0.1) is 30.2 Å². The topological polar surface area (TPSA) is 98.2 Å². The van der Waals surface area contributed by atoms with Gasteiger partial charge in [0, 0.05) is 40.4 Å². The molecule has 1 unspecified atom stereocenters. The minimum atomic E-state index is -0.0130. The van der Waals surface area contributed by atoms with Crippen molar-refractivity contribution in [2.24, 2.45) is 7.05 Å². The summed E-state index contributed by atoms with van der Waals surface area (Å²) in [6.45, 7) is 0.350. The summed E-state index contributed by atoms with van der Waals surface area (Å²) >= 11 is 9.20. The van der Waals surface area contributed by atoms with Crippen LogP contribution in [0, 0.1) is 10.8 Å². The van der Waals surface area contributed by atoms with E-state index < -0.39 is 0 Å². The van der Waals surface area contributed by atoms with Crippen molar-refractivity contribution in [3.8, 4) is 0 Å². The first-order valence-electron chi connectivity index (χ1n) is 13.4. The summed E-state index contributed by atoms with van der Waals surface area (Å²) in [5.74, 6) is 0.357. The molecule has 3 aromatic carbocycles. The minimum Gasteiger partial charge on any atom is -0.337 e. The second-order valence-electron chi connectivity index (χ2n) is 10.1. The standard InChI is InChI=1S/C16H14BrN3O.C16H16ClN3O/c2*1-19-13-4-2-3-5-14(13)20(16(19)18)10-15(21)11-6-8-12(17)9-7-11/h2-9,18H,10H2,1H3;2-3,5-9,13,18H,4,10H2,1H3. The van der Waals surface area contributed by atoms with Gasteiger partial charge >= 0.3 is 0 Å². The number of allylic oxidation sites excluding steroid dienone is 2. The lowest BCUT2D eigenvalue weighted by Gasteiger charge is -2.20. The van der Waals surface area contributed by atoms with Crippen LogP contribution in [0.4, 0.5) is 0 Å². The number of para-hydroxylation sites is 2. The number of carbonyl (C=O) groups is 2. The highest BCUT2D eigenvalue weighted by Gasteiger charge is 2.37. The predicted octanol–water partition coefficient (Wildman–Crippen LogP) is 6.02. The summed E-state index contributed by atoms with van der Waals surface area (Å²) in [7, 11) is 3.73. The fourth-order valence-corrected chi connectivity index (χ4v) is 5.54. The Labute approximate surface area is 257 Å². The van der Waals surface area contributed by atoms with Crippen LogP contribution in [-0.4, -0.2) is 56.1 Å². The van der Waals surface area contributed by atoms with Gasteiger partial charge in [-0.2, -0.15) is 0 Å². The SMILES string of the molecule is CN1C(=N)N(CC(=O)c2ccc(Cl)cc2)C2=CC=CCC21.Cn1c(=N)n(CC(=O)c2ccc(Br)cc2)c2ccccc21. The summed E-state index contributed by atoms with van der Waals surface area (Å²) < 4.78 is 4.46. The van der Waals surface area contributed by atoms with Gasteiger partial charge in [-0.25, -0.2) is 0 Å². The normalized spacial score (nSPS) is 15.8. The zero-order chi connectivity index (χ0) is 30.0. The highest BCUT2D eigenvalue weighted by molar-refractivity contribution is 9.10. The van der Waals surface area contributed by atoms with Gasteiger partial charge in [0.25, 0.3) is 0 Å². The number of nitrogens with zero attached hydrogens (tertiary/aromatic N) is 4.